The van der Waals surface area contributed by atoms with Crippen LogP contribution in [0.3, 0.4) is 0 Å². The maximum atomic E-state index is 14.7. The summed E-state index contributed by atoms with van der Waals surface area (Å²) in [4.78, 5) is 26.2. The van der Waals surface area contributed by atoms with Crippen molar-refractivity contribution in [2.45, 2.75) is 25.2 Å². The van der Waals surface area contributed by atoms with E-state index >= 15 is 0 Å². The number of hydrogen-bond donors (Lipinski definition) is 0. The lowest BCUT2D eigenvalue weighted by Crippen LogP contribution is -2.30. The first-order valence-corrected chi connectivity index (χ1v) is 11.7. The van der Waals surface area contributed by atoms with E-state index in [2.05, 4.69) is 0 Å². The lowest BCUT2D eigenvalue weighted by molar-refractivity contribution is -0.384. The predicted molar refractivity (Wildman–Crippen MR) is 132 cm³/mol. The van der Waals surface area contributed by atoms with Crippen LogP contribution in [-0.2, 0) is 12.7 Å². The number of methoxy groups -OCH3 is 1. The third-order valence-electron chi connectivity index (χ3n) is 6.82. The van der Waals surface area contributed by atoms with Gasteiger partial charge < -0.3 is 9.64 Å². The van der Waals surface area contributed by atoms with Gasteiger partial charge in [0.1, 0.15) is 11.3 Å². The number of fused-ring (bicyclic) bond motifs is 1. The van der Waals surface area contributed by atoms with Gasteiger partial charge in [0, 0.05) is 19.2 Å². The average Bonchev–Trinajstić information content (AvgIpc) is 3.46. The second kappa shape index (κ2) is 9.51. The molecule has 198 valence electrons. The predicted octanol–water partition coefficient (Wildman–Crippen LogP) is 5.38. The average molecular weight is 530 g/mol. The molecular formula is C26H22F4N4O4. The van der Waals surface area contributed by atoms with Crippen LogP contribution in [0.25, 0.3) is 11.0 Å². The number of benzene rings is 3. The maximum Gasteiger partial charge on any atom is 0.416 e. The topological polar surface area (TPSA) is 82.5 Å². The number of rotatable bonds is 6. The number of ether oxygens (including phenoxy) is 1. The van der Waals surface area contributed by atoms with Gasteiger partial charge in [-0.2, -0.15) is 13.2 Å². The smallest absolute Gasteiger partial charge is 0.416 e. The fourth-order valence-electron chi connectivity index (χ4n) is 5.19. The Hall–Kier alpha value is -4.35. The van der Waals surface area contributed by atoms with Crippen molar-refractivity contribution in [3.63, 3.8) is 0 Å². The van der Waals surface area contributed by atoms with E-state index in [1.807, 2.05) is 0 Å². The van der Waals surface area contributed by atoms with Gasteiger partial charge in [0.25, 0.3) is 5.69 Å². The third-order valence-corrected chi connectivity index (χ3v) is 6.82. The number of aromatic nitrogens is 2. The Kier molecular flexibility index (Phi) is 6.33. The molecule has 3 aromatic carbocycles. The summed E-state index contributed by atoms with van der Waals surface area (Å²) < 4.78 is 63.9. The van der Waals surface area contributed by atoms with E-state index in [-0.39, 0.29) is 36.6 Å². The van der Waals surface area contributed by atoms with Crippen LogP contribution >= 0.6 is 0 Å². The van der Waals surface area contributed by atoms with Crippen molar-refractivity contribution in [1.82, 2.24) is 9.13 Å². The van der Waals surface area contributed by atoms with Crippen molar-refractivity contribution in [3.8, 4) is 5.75 Å². The Morgan fingerprint density at radius 3 is 2.53 bits per heavy atom. The van der Waals surface area contributed by atoms with Crippen molar-refractivity contribution in [2.75, 3.05) is 25.1 Å². The van der Waals surface area contributed by atoms with E-state index in [1.54, 1.807) is 18.2 Å². The number of alkyl halides is 3. The van der Waals surface area contributed by atoms with Crippen LogP contribution in [0.2, 0.25) is 0 Å². The fraction of sp³-hybridized carbons (Fsp3) is 0.269. The van der Waals surface area contributed by atoms with Crippen LogP contribution in [0.1, 0.15) is 23.6 Å². The summed E-state index contributed by atoms with van der Waals surface area (Å²) in [5.41, 5.74) is -1.26. The zero-order valence-electron chi connectivity index (χ0n) is 20.1. The van der Waals surface area contributed by atoms with E-state index in [1.165, 1.54) is 51.5 Å². The molecule has 1 unspecified atom stereocenters. The first-order valence-electron chi connectivity index (χ1n) is 11.7. The molecule has 4 aromatic rings. The lowest BCUT2D eigenvalue weighted by Gasteiger charge is -2.19. The van der Waals surface area contributed by atoms with E-state index in [4.69, 9.17) is 4.74 Å². The number of nitro groups is 1. The van der Waals surface area contributed by atoms with Gasteiger partial charge in [-0.3, -0.25) is 19.2 Å². The summed E-state index contributed by atoms with van der Waals surface area (Å²) in [5, 5.41) is 11.5. The van der Waals surface area contributed by atoms with Gasteiger partial charge in [-0.15, -0.1) is 0 Å². The summed E-state index contributed by atoms with van der Waals surface area (Å²) >= 11 is 0. The molecule has 0 bridgehead atoms. The number of nitrogens with zero attached hydrogens (tertiary/aromatic N) is 4. The highest BCUT2D eigenvalue weighted by Gasteiger charge is 2.35. The SMILES string of the molecule is COc1cccc2c1n(Cc1ccccc1C(F)(F)F)c(=O)n2C1CCN(c2c(F)cccc2[N+](=O)[O-])C1. The zero-order chi connectivity index (χ0) is 27.2. The number of anilines is 1. The lowest BCUT2D eigenvalue weighted by atomic mass is 10.1. The van der Waals surface area contributed by atoms with E-state index in [0.29, 0.717) is 23.2 Å². The third kappa shape index (κ3) is 4.25. The van der Waals surface area contributed by atoms with Gasteiger partial charge in [0.15, 0.2) is 11.5 Å². The number of imidazole rings is 1. The van der Waals surface area contributed by atoms with Crippen LogP contribution in [0, 0.1) is 15.9 Å². The molecule has 0 amide bonds. The molecule has 0 aliphatic carbocycles. The van der Waals surface area contributed by atoms with Crippen molar-refractivity contribution in [1.29, 1.82) is 0 Å². The molecular weight excluding hydrogens is 508 g/mol. The van der Waals surface area contributed by atoms with Gasteiger partial charge in [-0.05, 0) is 36.2 Å². The summed E-state index contributed by atoms with van der Waals surface area (Å²) in [6, 6.07) is 13.1. The van der Waals surface area contributed by atoms with Crippen molar-refractivity contribution in [3.05, 3.63) is 98.2 Å². The highest BCUT2D eigenvalue weighted by molar-refractivity contribution is 5.83. The minimum absolute atomic E-state index is 0.0814. The first-order chi connectivity index (χ1) is 18.1. The number of hydrogen-bond acceptors (Lipinski definition) is 5. The maximum absolute atomic E-state index is 14.7. The monoisotopic (exact) mass is 530 g/mol. The van der Waals surface area contributed by atoms with Gasteiger partial charge >= 0.3 is 11.9 Å². The molecule has 0 radical (unpaired) electrons. The van der Waals surface area contributed by atoms with Crippen molar-refractivity contribution < 1.29 is 27.2 Å². The second-order valence-corrected chi connectivity index (χ2v) is 8.97. The Bertz CT molecular complexity index is 1590. The van der Waals surface area contributed by atoms with E-state index in [9.17, 15) is 32.5 Å². The number of halogens is 4. The Morgan fingerprint density at radius 2 is 1.82 bits per heavy atom. The molecule has 5 rings (SSSR count). The molecule has 1 aromatic heterocycles. The van der Waals surface area contributed by atoms with E-state index in [0.717, 1.165) is 12.1 Å². The van der Waals surface area contributed by atoms with Crippen LogP contribution in [-0.4, -0.2) is 34.3 Å². The molecule has 1 aliphatic heterocycles. The molecule has 0 spiro atoms. The van der Waals surface area contributed by atoms with Crippen molar-refractivity contribution >= 4 is 22.4 Å². The Balaban J connectivity index is 1.61. The van der Waals surface area contributed by atoms with Crippen LogP contribution in [0.5, 0.6) is 5.75 Å². The summed E-state index contributed by atoms with van der Waals surface area (Å²) in [5.74, 6) is -0.442. The first kappa shape index (κ1) is 25.3. The molecule has 12 heteroatoms. The standard InChI is InChI=1S/C26H22F4N4O4/c1-38-22-11-5-9-20-24(22)32(14-16-6-2-3-7-18(16)26(28,29)30)25(35)33(20)17-12-13-31(15-17)23-19(27)8-4-10-21(23)34(36)37/h2-11,17H,12-15H2,1H3. The van der Waals surface area contributed by atoms with Crippen LogP contribution < -0.4 is 15.3 Å². The molecule has 1 atom stereocenters. The molecule has 2 heterocycles. The Labute approximate surface area is 213 Å². The second-order valence-electron chi connectivity index (χ2n) is 8.97. The molecule has 0 saturated carbocycles. The fourth-order valence-corrected chi connectivity index (χ4v) is 5.19. The van der Waals surface area contributed by atoms with Crippen LogP contribution in [0.4, 0.5) is 28.9 Å². The minimum atomic E-state index is -4.61. The van der Waals surface area contributed by atoms with Crippen LogP contribution in [0.15, 0.2) is 65.5 Å². The molecule has 1 saturated heterocycles. The van der Waals surface area contributed by atoms with Gasteiger partial charge in [0.2, 0.25) is 0 Å². The van der Waals surface area contributed by atoms with Crippen molar-refractivity contribution in [2.24, 2.45) is 0 Å². The summed E-state index contributed by atoms with van der Waals surface area (Å²) in [7, 11) is 1.40. The molecule has 8 nitrogen and oxygen atoms in total. The normalized spacial score (nSPS) is 15.8. The van der Waals surface area contributed by atoms with Gasteiger partial charge in [-0.25, -0.2) is 9.18 Å². The van der Waals surface area contributed by atoms with Gasteiger partial charge in [-0.1, -0.05) is 30.3 Å². The van der Waals surface area contributed by atoms with Gasteiger partial charge in [0.05, 0.1) is 35.7 Å². The summed E-state index contributed by atoms with van der Waals surface area (Å²) in [6.07, 6.45) is -4.25. The number of para-hydroxylation sites is 2. The molecule has 38 heavy (non-hydrogen) atoms. The quantitative estimate of drug-likeness (QED) is 0.190. The highest BCUT2D eigenvalue weighted by atomic mass is 19.4. The minimum Gasteiger partial charge on any atom is -0.494 e. The number of nitro benzene ring substituents is 1. The molecule has 1 fully saturated rings. The largest absolute Gasteiger partial charge is 0.494 e. The highest BCUT2D eigenvalue weighted by Crippen LogP contribution is 2.38. The molecule has 1 aliphatic rings. The zero-order valence-corrected chi connectivity index (χ0v) is 20.1. The molecule has 0 N–H and O–H groups in total. The van der Waals surface area contributed by atoms with E-state index < -0.39 is 34.2 Å². The Morgan fingerprint density at radius 1 is 1.08 bits per heavy atom. The summed E-state index contributed by atoms with van der Waals surface area (Å²) in [6.45, 7) is -0.0167.